The van der Waals surface area contributed by atoms with E-state index in [4.69, 9.17) is 9.47 Å². The smallest absolute Gasteiger partial charge is 0.0654 e. The van der Waals surface area contributed by atoms with Crippen LogP contribution in [0.4, 0.5) is 0 Å². The maximum Gasteiger partial charge on any atom is 0.0654 e. The van der Waals surface area contributed by atoms with Crippen LogP contribution in [0.25, 0.3) is 0 Å². The minimum Gasteiger partial charge on any atom is -0.383 e. The van der Waals surface area contributed by atoms with Gasteiger partial charge < -0.3 is 14.4 Å². The van der Waals surface area contributed by atoms with Crippen molar-refractivity contribution in [3.05, 3.63) is 0 Å². The van der Waals surface area contributed by atoms with E-state index in [0.717, 1.165) is 26.3 Å². The Morgan fingerprint density at radius 1 is 1.35 bits per heavy atom. The van der Waals surface area contributed by atoms with E-state index in [2.05, 4.69) is 30.7 Å². The molecule has 2 rings (SSSR count). The third-order valence-electron chi connectivity index (χ3n) is 4.92. The number of fused-ring (bicyclic) bond motifs is 1. The highest BCUT2D eigenvalue weighted by atomic mass is 16.5. The van der Waals surface area contributed by atoms with Gasteiger partial charge in [0.2, 0.25) is 0 Å². The van der Waals surface area contributed by atoms with Crippen molar-refractivity contribution in [2.75, 3.05) is 47.0 Å². The van der Waals surface area contributed by atoms with Crippen molar-refractivity contribution < 1.29 is 9.47 Å². The Bertz CT molecular complexity index is 298. The maximum absolute atomic E-state index is 5.97. The summed E-state index contributed by atoms with van der Waals surface area (Å²) < 4.78 is 11.1. The van der Waals surface area contributed by atoms with E-state index in [1.165, 1.54) is 32.2 Å². The number of methoxy groups -OCH3 is 1. The lowest BCUT2D eigenvalue weighted by Crippen LogP contribution is -2.49. The molecule has 2 heterocycles. The van der Waals surface area contributed by atoms with Crippen LogP contribution in [-0.4, -0.2) is 74.5 Å². The molecule has 4 nitrogen and oxygen atoms in total. The summed E-state index contributed by atoms with van der Waals surface area (Å²) in [5.74, 6) is 0. The minimum absolute atomic E-state index is 0.343. The Labute approximate surface area is 124 Å². The number of hydrogen-bond donors (Lipinski definition) is 0. The molecule has 0 aromatic heterocycles. The van der Waals surface area contributed by atoms with Crippen molar-refractivity contribution in [3.63, 3.8) is 0 Å². The van der Waals surface area contributed by atoms with Gasteiger partial charge in [-0.3, -0.25) is 4.90 Å². The van der Waals surface area contributed by atoms with Gasteiger partial charge in [0.15, 0.2) is 0 Å². The Morgan fingerprint density at radius 2 is 2.15 bits per heavy atom. The van der Waals surface area contributed by atoms with Gasteiger partial charge in [0, 0.05) is 31.8 Å². The van der Waals surface area contributed by atoms with Crippen molar-refractivity contribution in [1.82, 2.24) is 9.80 Å². The van der Waals surface area contributed by atoms with Crippen LogP contribution in [0.1, 0.15) is 39.5 Å². The van der Waals surface area contributed by atoms with Crippen LogP contribution < -0.4 is 0 Å². The van der Waals surface area contributed by atoms with Gasteiger partial charge in [0.1, 0.15) is 0 Å². The molecular weight excluding hydrogens is 252 g/mol. The third-order valence-corrected chi connectivity index (χ3v) is 4.92. The fraction of sp³-hybridized carbons (Fsp3) is 1.00. The van der Waals surface area contributed by atoms with E-state index in [1.807, 2.05) is 0 Å². The van der Waals surface area contributed by atoms with Gasteiger partial charge in [-0.25, -0.2) is 0 Å². The van der Waals surface area contributed by atoms with Crippen LogP contribution in [0.15, 0.2) is 0 Å². The normalized spacial score (nSPS) is 30.6. The second-order valence-electron chi connectivity index (χ2n) is 6.83. The number of likely N-dealkylation sites (N-methyl/N-ethyl adjacent to an activating group) is 1. The second-order valence-corrected chi connectivity index (χ2v) is 6.83. The molecule has 4 heteroatoms. The molecule has 0 aliphatic carbocycles. The van der Waals surface area contributed by atoms with Crippen LogP contribution in [0, 0.1) is 0 Å². The highest BCUT2D eigenvalue weighted by Crippen LogP contribution is 2.42. The monoisotopic (exact) mass is 284 g/mol. The van der Waals surface area contributed by atoms with Gasteiger partial charge in [-0.05, 0) is 53.1 Å². The highest BCUT2D eigenvalue weighted by Gasteiger charge is 2.49. The first-order valence-electron chi connectivity index (χ1n) is 8.13. The maximum atomic E-state index is 5.97. The topological polar surface area (TPSA) is 24.9 Å². The molecule has 2 aliphatic rings. The van der Waals surface area contributed by atoms with E-state index < -0.39 is 0 Å². The van der Waals surface area contributed by atoms with Crippen molar-refractivity contribution in [3.8, 4) is 0 Å². The fourth-order valence-corrected chi connectivity index (χ4v) is 3.83. The predicted octanol–water partition coefficient (Wildman–Crippen LogP) is 1.99. The van der Waals surface area contributed by atoms with Crippen molar-refractivity contribution in [1.29, 1.82) is 0 Å². The SMILES string of the molecule is COCCN(C)C[C@H]1CCC2(COC(C)C)CCCN12. The van der Waals surface area contributed by atoms with E-state index in [9.17, 15) is 0 Å². The molecule has 20 heavy (non-hydrogen) atoms. The van der Waals surface area contributed by atoms with E-state index in [1.54, 1.807) is 7.11 Å². The summed E-state index contributed by atoms with van der Waals surface area (Å²) in [4.78, 5) is 5.16. The molecule has 2 atom stereocenters. The molecule has 0 N–H and O–H groups in total. The molecule has 0 aromatic rings. The molecule has 118 valence electrons. The zero-order chi connectivity index (χ0) is 14.6. The predicted molar refractivity (Wildman–Crippen MR) is 82.2 cm³/mol. The molecule has 0 bridgehead atoms. The van der Waals surface area contributed by atoms with Crippen LogP contribution in [0.2, 0.25) is 0 Å². The summed E-state index contributed by atoms with van der Waals surface area (Å²) in [6, 6.07) is 0.704. The van der Waals surface area contributed by atoms with Gasteiger partial charge in [0.05, 0.1) is 19.3 Å². The van der Waals surface area contributed by atoms with Crippen LogP contribution >= 0.6 is 0 Å². The first-order chi connectivity index (χ1) is 9.57. The number of hydrogen-bond acceptors (Lipinski definition) is 4. The molecule has 0 amide bonds. The molecule has 2 fully saturated rings. The summed E-state index contributed by atoms with van der Waals surface area (Å²) >= 11 is 0. The van der Waals surface area contributed by atoms with Gasteiger partial charge in [-0.2, -0.15) is 0 Å². The van der Waals surface area contributed by atoms with Crippen molar-refractivity contribution in [2.45, 2.75) is 57.2 Å². The summed E-state index contributed by atoms with van der Waals surface area (Å²) in [5, 5.41) is 0. The average Bonchev–Trinajstić information content (AvgIpc) is 2.95. The van der Waals surface area contributed by atoms with Crippen LogP contribution in [-0.2, 0) is 9.47 Å². The minimum atomic E-state index is 0.343. The number of nitrogens with zero attached hydrogens (tertiary/aromatic N) is 2. The zero-order valence-electron chi connectivity index (χ0n) is 13.7. The first-order valence-corrected chi connectivity index (χ1v) is 8.13. The standard InChI is InChI=1S/C16H32N2O2/c1-14(2)20-13-16-7-5-9-18(16)15(6-8-16)12-17(3)10-11-19-4/h14-15H,5-13H2,1-4H3/t15-,16?/m1/s1. The Balaban J connectivity index is 1.88. The average molecular weight is 284 g/mol. The lowest BCUT2D eigenvalue weighted by atomic mass is 9.95. The van der Waals surface area contributed by atoms with Gasteiger partial charge in [-0.1, -0.05) is 0 Å². The lowest BCUT2D eigenvalue weighted by Gasteiger charge is -2.36. The van der Waals surface area contributed by atoms with Gasteiger partial charge in [-0.15, -0.1) is 0 Å². The molecule has 1 unspecified atom stereocenters. The quantitative estimate of drug-likeness (QED) is 0.680. The van der Waals surface area contributed by atoms with Crippen molar-refractivity contribution >= 4 is 0 Å². The number of rotatable bonds is 8. The Kier molecular flexibility index (Phi) is 5.84. The van der Waals surface area contributed by atoms with Crippen molar-refractivity contribution in [2.24, 2.45) is 0 Å². The number of ether oxygens (including phenoxy) is 2. The molecule has 0 spiro atoms. The third kappa shape index (κ3) is 3.73. The second kappa shape index (κ2) is 7.21. The van der Waals surface area contributed by atoms with Crippen LogP contribution in [0.3, 0.4) is 0 Å². The zero-order valence-corrected chi connectivity index (χ0v) is 13.7. The Hall–Kier alpha value is -0.160. The molecule has 2 saturated heterocycles. The summed E-state index contributed by atoms with van der Waals surface area (Å²) in [6.45, 7) is 9.46. The summed E-state index contributed by atoms with van der Waals surface area (Å²) in [6.07, 6.45) is 5.62. The molecule has 0 aromatic carbocycles. The Morgan fingerprint density at radius 3 is 2.85 bits per heavy atom. The van der Waals surface area contributed by atoms with E-state index in [0.29, 0.717) is 17.7 Å². The molecule has 0 radical (unpaired) electrons. The lowest BCUT2D eigenvalue weighted by molar-refractivity contribution is -0.00785. The molecule has 2 aliphatic heterocycles. The molecular formula is C16H32N2O2. The van der Waals surface area contributed by atoms with E-state index >= 15 is 0 Å². The first kappa shape index (κ1) is 16.2. The van der Waals surface area contributed by atoms with Gasteiger partial charge in [0.25, 0.3) is 0 Å². The summed E-state index contributed by atoms with van der Waals surface area (Å²) in [5.41, 5.74) is 0.344. The van der Waals surface area contributed by atoms with Crippen LogP contribution in [0.5, 0.6) is 0 Å². The largest absolute Gasteiger partial charge is 0.383 e. The fourth-order valence-electron chi connectivity index (χ4n) is 3.83. The molecule has 0 saturated carbocycles. The highest BCUT2D eigenvalue weighted by molar-refractivity contribution is 5.05. The summed E-state index contributed by atoms with van der Waals surface area (Å²) in [7, 11) is 3.98. The van der Waals surface area contributed by atoms with Gasteiger partial charge >= 0.3 is 0 Å². The van der Waals surface area contributed by atoms with E-state index in [-0.39, 0.29) is 0 Å².